The molecule has 4 aromatic rings. The van der Waals surface area contributed by atoms with Gasteiger partial charge in [-0.15, -0.1) is 10.2 Å². The van der Waals surface area contributed by atoms with E-state index in [1.165, 1.54) is 38.3 Å². The molecule has 0 aliphatic carbocycles. The van der Waals surface area contributed by atoms with E-state index in [1.54, 1.807) is 13.0 Å². The van der Waals surface area contributed by atoms with Gasteiger partial charge in [0.2, 0.25) is 0 Å². The van der Waals surface area contributed by atoms with Crippen LogP contribution in [-0.4, -0.2) is 57.4 Å². The Morgan fingerprint density at radius 1 is 1.12 bits per heavy atom. The van der Waals surface area contributed by atoms with Gasteiger partial charge in [-0.3, -0.25) is 9.36 Å². The smallest absolute Gasteiger partial charge is 0.340 e. The number of nitrogens with zero attached hydrogens (tertiary/aromatic N) is 4. The number of anilines is 1. The van der Waals surface area contributed by atoms with Crippen LogP contribution in [0, 0.1) is 10.5 Å². The molecule has 0 bridgehead atoms. The number of aromatic carboxylic acids is 1. The number of hydrazone groups is 1. The van der Waals surface area contributed by atoms with Crippen LogP contribution in [0.15, 0.2) is 70.9 Å². The summed E-state index contributed by atoms with van der Waals surface area (Å²) in [6.07, 6.45) is 1.25. The third-order valence-electron chi connectivity index (χ3n) is 6.16. The van der Waals surface area contributed by atoms with Gasteiger partial charge in [-0.2, -0.15) is 5.10 Å². The van der Waals surface area contributed by atoms with Crippen LogP contribution in [0.1, 0.15) is 34.2 Å². The van der Waals surface area contributed by atoms with Gasteiger partial charge in [0, 0.05) is 20.5 Å². The summed E-state index contributed by atoms with van der Waals surface area (Å²) in [6.45, 7) is 4.20. The summed E-state index contributed by atoms with van der Waals surface area (Å²) in [5.74, 6) is -0.601. The second-order valence-corrected chi connectivity index (χ2v) is 11.5. The monoisotopic (exact) mass is 700 g/mol. The number of carboxylic acids is 1. The second-order valence-electron chi connectivity index (χ2n) is 8.95. The lowest BCUT2D eigenvalue weighted by atomic mass is 10.1. The Bertz CT molecular complexity index is 1610. The van der Waals surface area contributed by atoms with Crippen LogP contribution in [0.25, 0.3) is 5.69 Å². The number of carbonyl (C=O) groups is 2. The van der Waals surface area contributed by atoms with E-state index >= 15 is 0 Å². The number of aryl methyl sites for hydroxylation is 1. The first-order valence-corrected chi connectivity index (χ1v) is 14.7. The van der Waals surface area contributed by atoms with Crippen molar-refractivity contribution in [2.75, 3.05) is 19.5 Å². The van der Waals surface area contributed by atoms with Crippen molar-refractivity contribution < 1.29 is 24.2 Å². The summed E-state index contributed by atoms with van der Waals surface area (Å²) in [7, 11) is 2.77. The van der Waals surface area contributed by atoms with E-state index < -0.39 is 17.1 Å². The van der Waals surface area contributed by atoms with Crippen LogP contribution in [-0.2, 0) is 11.3 Å². The molecule has 1 aromatic heterocycles. The average molecular weight is 701 g/mol. The fourth-order valence-electron chi connectivity index (χ4n) is 4.07. The first-order valence-electron chi connectivity index (χ1n) is 12.7. The lowest BCUT2D eigenvalue weighted by molar-refractivity contribution is -0.120. The van der Waals surface area contributed by atoms with Gasteiger partial charge in [0.05, 0.1) is 32.2 Å². The van der Waals surface area contributed by atoms with Gasteiger partial charge >= 0.3 is 5.97 Å². The normalized spacial score (nSPS) is 11.7. The first kappa shape index (κ1) is 30.8. The highest BCUT2D eigenvalue weighted by Crippen LogP contribution is 2.33. The molecule has 1 heterocycles. The lowest BCUT2D eigenvalue weighted by Gasteiger charge is -2.14. The van der Waals surface area contributed by atoms with Crippen molar-refractivity contribution in [1.29, 1.82) is 0 Å². The number of thioether (sulfide) groups is 1. The van der Waals surface area contributed by atoms with Gasteiger partial charge in [-0.1, -0.05) is 30.0 Å². The summed E-state index contributed by atoms with van der Waals surface area (Å²) in [6, 6.07) is 18.9. The molecule has 0 aliphatic heterocycles. The van der Waals surface area contributed by atoms with Gasteiger partial charge in [0.25, 0.3) is 5.91 Å². The molecule has 13 heteroatoms. The molecule has 0 saturated heterocycles. The number of nitrogens with one attached hydrogen (secondary N) is 2. The van der Waals surface area contributed by atoms with Crippen molar-refractivity contribution in [3.63, 3.8) is 0 Å². The van der Waals surface area contributed by atoms with Crippen molar-refractivity contribution >= 4 is 58.1 Å². The summed E-state index contributed by atoms with van der Waals surface area (Å²) in [4.78, 5) is 24.8. The Morgan fingerprint density at radius 3 is 2.55 bits per heavy atom. The summed E-state index contributed by atoms with van der Waals surface area (Å²) >= 11 is 3.51. The largest absolute Gasteiger partial charge is 0.493 e. The Hall–Kier alpha value is -4.11. The first-order chi connectivity index (χ1) is 20.2. The minimum atomic E-state index is -1.22. The van der Waals surface area contributed by atoms with E-state index in [4.69, 9.17) is 9.47 Å². The van der Waals surface area contributed by atoms with Crippen molar-refractivity contribution in [2.24, 2.45) is 5.10 Å². The number of rotatable bonds is 12. The Balaban J connectivity index is 1.50. The number of methoxy groups -OCH3 is 2. The number of ether oxygens (including phenoxy) is 2. The number of amides is 1. The molecule has 3 aromatic carbocycles. The number of halogens is 1. The van der Waals surface area contributed by atoms with E-state index in [9.17, 15) is 14.7 Å². The van der Waals surface area contributed by atoms with E-state index in [-0.39, 0.29) is 22.6 Å². The molecule has 0 saturated carbocycles. The predicted octanol–water partition coefficient (Wildman–Crippen LogP) is 5.14. The van der Waals surface area contributed by atoms with Gasteiger partial charge in [-0.05, 0) is 84.5 Å². The molecule has 1 amide bonds. The van der Waals surface area contributed by atoms with Crippen LogP contribution in [0.2, 0.25) is 0 Å². The molecule has 4 rings (SSSR count). The lowest BCUT2D eigenvalue weighted by Crippen LogP contribution is -2.27. The zero-order chi connectivity index (χ0) is 30.2. The highest BCUT2D eigenvalue weighted by Gasteiger charge is 2.22. The molecule has 42 heavy (non-hydrogen) atoms. The number of benzene rings is 3. The van der Waals surface area contributed by atoms with Crippen LogP contribution in [0.3, 0.4) is 0 Å². The molecule has 0 radical (unpaired) electrons. The maximum absolute atomic E-state index is 12.9. The van der Waals surface area contributed by atoms with Crippen molar-refractivity contribution in [3.8, 4) is 17.2 Å². The highest BCUT2D eigenvalue weighted by atomic mass is 127. The fraction of sp³-hybridized carbons (Fsp3) is 0.207. The molecule has 1 atom stereocenters. The molecular weight excluding hydrogens is 671 g/mol. The molecule has 11 nitrogen and oxygen atoms in total. The highest BCUT2D eigenvalue weighted by molar-refractivity contribution is 14.1. The minimum Gasteiger partial charge on any atom is -0.493 e. The predicted molar refractivity (Wildman–Crippen MR) is 170 cm³/mol. The Kier molecular flexibility index (Phi) is 10.4. The molecule has 218 valence electrons. The van der Waals surface area contributed by atoms with Crippen molar-refractivity contribution in [2.45, 2.75) is 30.8 Å². The molecule has 1 unspecified atom stereocenters. The maximum Gasteiger partial charge on any atom is 0.340 e. The molecule has 3 N–H and O–H groups in total. The van der Waals surface area contributed by atoms with Crippen LogP contribution in [0.5, 0.6) is 11.5 Å². The topological polar surface area (TPSA) is 140 Å². The zero-order valence-electron chi connectivity index (χ0n) is 23.3. The zero-order valence-corrected chi connectivity index (χ0v) is 26.3. The summed E-state index contributed by atoms with van der Waals surface area (Å²) in [5, 5.41) is 25.9. The van der Waals surface area contributed by atoms with Crippen molar-refractivity contribution in [3.05, 3.63) is 86.7 Å². The standard InChI is InChI=1S/C29H29IN6O5S/c1-17-14-20(30)11-12-22(17)31-16-24-33-35-29(36(24)21-8-6-5-7-9-21)42-18(2)27(37)34-32-15-19-10-13-23(40-3)26(41-4)25(19)28(38)39/h5-15,18,31H,16H2,1-4H3,(H,34,37)(H,38,39)/b32-15+. The Labute approximate surface area is 260 Å². The quantitative estimate of drug-likeness (QED) is 0.0794. The third kappa shape index (κ3) is 7.20. The number of hydrogen-bond donors (Lipinski definition) is 3. The van der Waals surface area contributed by atoms with E-state index in [0.717, 1.165) is 20.5 Å². The number of aromatic nitrogens is 3. The number of carboxylic acid groups (broad SMARTS) is 1. The van der Waals surface area contributed by atoms with E-state index in [2.05, 4.69) is 54.7 Å². The van der Waals surface area contributed by atoms with Gasteiger partial charge in [0.1, 0.15) is 5.56 Å². The van der Waals surface area contributed by atoms with Crippen molar-refractivity contribution in [1.82, 2.24) is 20.2 Å². The van der Waals surface area contributed by atoms with Gasteiger partial charge < -0.3 is 19.9 Å². The van der Waals surface area contributed by atoms with Crippen LogP contribution >= 0.6 is 34.4 Å². The maximum atomic E-state index is 12.9. The van der Waals surface area contributed by atoms with Gasteiger partial charge in [0.15, 0.2) is 22.5 Å². The molecule has 0 spiro atoms. The summed E-state index contributed by atoms with van der Waals surface area (Å²) in [5.41, 5.74) is 5.57. The number of hydrogen-bond acceptors (Lipinski definition) is 9. The molecular formula is C29H29IN6O5S. The second kappa shape index (κ2) is 14.2. The van der Waals surface area contributed by atoms with Crippen LogP contribution in [0.4, 0.5) is 5.69 Å². The summed E-state index contributed by atoms with van der Waals surface area (Å²) < 4.78 is 13.5. The third-order valence-corrected chi connectivity index (χ3v) is 7.88. The molecule has 0 aliphatic rings. The Morgan fingerprint density at radius 2 is 1.88 bits per heavy atom. The number of para-hydroxylation sites is 1. The SMILES string of the molecule is COc1ccc(/C=N/NC(=O)C(C)Sc2nnc(CNc3ccc(I)cc3C)n2-c2ccccc2)c(C(=O)O)c1OC. The average Bonchev–Trinajstić information content (AvgIpc) is 3.38. The van der Waals surface area contributed by atoms with Crippen LogP contribution < -0.4 is 20.2 Å². The van der Waals surface area contributed by atoms with E-state index in [0.29, 0.717) is 17.5 Å². The molecule has 0 fully saturated rings. The van der Waals surface area contributed by atoms with E-state index in [1.807, 2.05) is 54.0 Å². The minimum absolute atomic E-state index is 0.0620. The number of carbonyl (C=O) groups excluding carboxylic acids is 1. The fourth-order valence-corrected chi connectivity index (χ4v) is 5.59. The van der Waals surface area contributed by atoms with Gasteiger partial charge in [-0.25, -0.2) is 10.2 Å².